The monoisotopic (exact) mass is 287 g/mol. The molecule has 1 heterocycles. The minimum absolute atomic E-state index is 0.0477. The summed E-state index contributed by atoms with van der Waals surface area (Å²) in [5, 5.41) is 5.15. The first-order chi connectivity index (χ1) is 9.59. The van der Waals surface area contributed by atoms with Gasteiger partial charge in [0.15, 0.2) is 0 Å². The number of allylic oxidation sites excluding steroid dienone is 1. The molecule has 1 saturated heterocycles. The van der Waals surface area contributed by atoms with E-state index in [-0.39, 0.29) is 23.5 Å². The van der Waals surface area contributed by atoms with E-state index in [1.54, 1.807) is 6.08 Å². The molecule has 5 nitrogen and oxygen atoms in total. The highest BCUT2D eigenvalue weighted by molar-refractivity contribution is 7.80. The van der Waals surface area contributed by atoms with Crippen LogP contribution < -0.4 is 0 Å². The average Bonchev–Trinajstić information content (AvgIpc) is 2.72. The summed E-state index contributed by atoms with van der Waals surface area (Å²) >= 11 is 5.03. The van der Waals surface area contributed by atoms with E-state index in [0.717, 1.165) is 10.6 Å². The molecule has 0 saturated carbocycles. The summed E-state index contributed by atoms with van der Waals surface area (Å²) in [5.41, 5.74) is 1.03. The minimum Gasteiger partial charge on any atom is -0.278 e. The summed E-state index contributed by atoms with van der Waals surface area (Å²) in [5.74, 6) is -0.574. The van der Waals surface area contributed by atoms with E-state index in [0.29, 0.717) is 0 Å². The molecule has 0 aromatic heterocycles. The molecular formula is C14H13N3O2S. The van der Waals surface area contributed by atoms with Gasteiger partial charge in [0.2, 0.25) is 11.0 Å². The number of carbonyl (C=O) groups excluding carboxylic acids is 2. The van der Waals surface area contributed by atoms with Gasteiger partial charge < -0.3 is 0 Å². The van der Waals surface area contributed by atoms with Crippen LogP contribution in [0.5, 0.6) is 0 Å². The van der Waals surface area contributed by atoms with Gasteiger partial charge in [-0.2, -0.15) is 10.1 Å². The van der Waals surface area contributed by atoms with Crippen LogP contribution >= 0.6 is 12.2 Å². The number of hydrogen-bond acceptors (Lipinski definition) is 4. The fourth-order valence-corrected chi connectivity index (χ4v) is 2.02. The van der Waals surface area contributed by atoms with Crippen molar-refractivity contribution < 1.29 is 9.59 Å². The molecule has 6 heteroatoms. The van der Waals surface area contributed by atoms with Crippen molar-refractivity contribution in [1.29, 1.82) is 0 Å². The van der Waals surface area contributed by atoms with Crippen LogP contribution in [0.1, 0.15) is 12.5 Å². The Kier molecular flexibility index (Phi) is 4.37. The summed E-state index contributed by atoms with van der Waals surface area (Å²) in [7, 11) is 0. The second-order valence-electron chi connectivity index (χ2n) is 4.13. The third kappa shape index (κ3) is 3.16. The Hall–Kier alpha value is -2.34. The van der Waals surface area contributed by atoms with Gasteiger partial charge in [-0.05, 0) is 23.9 Å². The van der Waals surface area contributed by atoms with Crippen molar-refractivity contribution in [2.75, 3.05) is 6.54 Å². The van der Waals surface area contributed by atoms with Crippen molar-refractivity contribution in [3.63, 3.8) is 0 Å². The lowest BCUT2D eigenvalue weighted by atomic mass is 10.2. The Bertz CT molecular complexity index is 596. The van der Waals surface area contributed by atoms with E-state index in [2.05, 4.69) is 5.10 Å². The highest BCUT2D eigenvalue weighted by Crippen LogP contribution is 2.11. The molecule has 0 unspecified atom stereocenters. The maximum Gasteiger partial charge on any atom is 0.269 e. The summed E-state index contributed by atoms with van der Waals surface area (Å²) < 4.78 is 0. The first-order valence-electron chi connectivity index (χ1n) is 6.00. The summed E-state index contributed by atoms with van der Waals surface area (Å²) in [6, 6.07) is 9.70. The molecule has 102 valence electrons. The van der Waals surface area contributed by atoms with E-state index in [4.69, 9.17) is 12.2 Å². The Labute approximate surface area is 122 Å². The van der Waals surface area contributed by atoms with Crippen LogP contribution in [0, 0.1) is 0 Å². The summed E-state index contributed by atoms with van der Waals surface area (Å²) in [6.45, 7) is 1.32. The zero-order valence-electron chi connectivity index (χ0n) is 10.9. The van der Waals surface area contributed by atoms with Crippen molar-refractivity contribution in [3.8, 4) is 0 Å². The van der Waals surface area contributed by atoms with Gasteiger partial charge in [-0.25, -0.2) is 0 Å². The third-order valence-corrected chi connectivity index (χ3v) is 3.07. The number of rotatable bonds is 3. The molecule has 1 aliphatic heterocycles. The smallest absolute Gasteiger partial charge is 0.269 e. The molecule has 1 aromatic rings. The van der Waals surface area contributed by atoms with Crippen LogP contribution in [-0.4, -0.2) is 39.6 Å². The Balaban J connectivity index is 2.01. The van der Waals surface area contributed by atoms with Crippen LogP contribution in [0.4, 0.5) is 0 Å². The Morgan fingerprint density at radius 2 is 2.05 bits per heavy atom. The van der Waals surface area contributed by atoms with Crippen molar-refractivity contribution in [1.82, 2.24) is 9.91 Å². The van der Waals surface area contributed by atoms with Crippen molar-refractivity contribution in [3.05, 3.63) is 42.0 Å². The molecule has 2 rings (SSSR count). The number of benzene rings is 1. The number of thiocarbonyl (C=S) groups is 1. The Morgan fingerprint density at radius 1 is 1.35 bits per heavy atom. The van der Waals surface area contributed by atoms with Gasteiger partial charge in [0.25, 0.3) is 5.91 Å². The fourth-order valence-electron chi connectivity index (χ4n) is 1.67. The predicted octanol–water partition coefficient (Wildman–Crippen LogP) is 1.66. The zero-order valence-corrected chi connectivity index (χ0v) is 11.7. The second kappa shape index (κ2) is 6.21. The fraction of sp³-hybridized carbons (Fsp3) is 0.143. The molecule has 1 aliphatic rings. The van der Waals surface area contributed by atoms with Crippen LogP contribution in [-0.2, 0) is 9.59 Å². The topological polar surface area (TPSA) is 53.0 Å². The molecule has 0 radical (unpaired) electrons. The lowest BCUT2D eigenvalue weighted by Crippen LogP contribution is -2.32. The molecule has 0 spiro atoms. The number of nitrogens with zero attached hydrogens (tertiary/aromatic N) is 3. The van der Waals surface area contributed by atoms with Gasteiger partial charge in [0.1, 0.15) is 6.54 Å². The molecule has 0 atom stereocenters. The maximum atomic E-state index is 11.7. The summed E-state index contributed by atoms with van der Waals surface area (Å²) in [4.78, 5) is 24.1. The minimum atomic E-state index is -0.311. The Morgan fingerprint density at radius 3 is 2.65 bits per heavy atom. The van der Waals surface area contributed by atoms with Gasteiger partial charge in [0.05, 0.1) is 0 Å². The number of hydrogen-bond donors (Lipinski definition) is 0. The normalized spacial score (nSPS) is 15.8. The summed E-state index contributed by atoms with van der Waals surface area (Å²) in [6.07, 6.45) is 5.04. The molecular weight excluding hydrogens is 274 g/mol. The van der Waals surface area contributed by atoms with Gasteiger partial charge in [-0.1, -0.05) is 36.4 Å². The molecule has 0 bridgehead atoms. The number of amides is 2. The van der Waals surface area contributed by atoms with E-state index < -0.39 is 0 Å². The van der Waals surface area contributed by atoms with Gasteiger partial charge in [-0.15, -0.1) is 0 Å². The van der Waals surface area contributed by atoms with E-state index in [1.807, 2.05) is 36.4 Å². The van der Waals surface area contributed by atoms with Gasteiger partial charge in [-0.3, -0.25) is 14.5 Å². The first-order valence-corrected chi connectivity index (χ1v) is 6.41. The molecule has 1 aromatic carbocycles. The van der Waals surface area contributed by atoms with Crippen molar-refractivity contribution in [2.45, 2.75) is 6.92 Å². The molecule has 0 N–H and O–H groups in total. The first kappa shape index (κ1) is 14.1. The average molecular weight is 287 g/mol. The predicted molar refractivity (Wildman–Crippen MR) is 80.8 cm³/mol. The quantitative estimate of drug-likeness (QED) is 0.627. The van der Waals surface area contributed by atoms with Crippen molar-refractivity contribution in [2.24, 2.45) is 5.10 Å². The standard InChI is InChI=1S/C14H13N3O2S/c1-11(18)16-10-13(19)17(14(16)20)15-9-5-8-12-6-3-2-4-7-12/h2-9H,10H2,1H3. The SMILES string of the molecule is CC(=O)N1CC(=O)N(N=CC=Cc2ccccc2)C1=S. The van der Waals surface area contributed by atoms with Crippen LogP contribution in [0.25, 0.3) is 6.08 Å². The lowest BCUT2D eigenvalue weighted by molar-refractivity contribution is -0.129. The lowest BCUT2D eigenvalue weighted by Gasteiger charge is -2.12. The van der Waals surface area contributed by atoms with Crippen LogP contribution in [0.2, 0.25) is 0 Å². The highest BCUT2D eigenvalue weighted by atomic mass is 32.1. The third-order valence-electron chi connectivity index (χ3n) is 2.68. The van der Waals surface area contributed by atoms with Crippen LogP contribution in [0.3, 0.4) is 0 Å². The van der Waals surface area contributed by atoms with E-state index in [1.165, 1.54) is 18.0 Å². The zero-order chi connectivity index (χ0) is 14.5. The molecule has 0 aliphatic carbocycles. The number of carbonyl (C=O) groups is 2. The van der Waals surface area contributed by atoms with Crippen LogP contribution in [0.15, 0.2) is 41.5 Å². The van der Waals surface area contributed by atoms with E-state index in [9.17, 15) is 9.59 Å². The molecule has 2 amide bonds. The number of hydrazone groups is 1. The second-order valence-corrected chi connectivity index (χ2v) is 4.49. The maximum absolute atomic E-state index is 11.7. The van der Waals surface area contributed by atoms with Gasteiger partial charge in [0, 0.05) is 13.1 Å². The van der Waals surface area contributed by atoms with Crippen molar-refractivity contribution >= 4 is 41.4 Å². The molecule has 20 heavy (non-hydrogen) atoms. The molecule has 1 fully saturated rings. The highest BCUT2D eigenvalue weighted by Gasteiger charge is 2.34. The van der Waals surface area contributed by atoms with E-state index >= 15 is 0 Å². The largest absolute Gasteiger partial charge is 0.278 e. The van der Waals surface area contributed by atoms with Gasteiger partial charge >= 0.3 is 0 Å².